The molecule has 1 saturated heterocycles. The molecular formula is C20H21N3O6. The number of nitrogens with zero attached hydrogens (tertiary/aromatic N) is 1. The van der Waals surface area contributed by atoms with Crippen molar-refractivity contribution >= 4 is 23.2 Å². The number of ether oxygens (including phenoxy) is 2. The van der Waals surface area contributed by atoms with E-state index in [0.29, 0.717) is 24.4 Å². The lowest BCUT2D eigenvalue weighted by Crippen LogP contribution is -2.32. The summed E-state index contributed by atoms with van der Waals surface area (Å²) in [5.74, 6) is -0.867. The normalized spacial score (nSPS) is 15.5. The van der Waals surface area contributed by atoms with Gasteiger partial charge < -0.3 is 20.1 Å². The van der Waals surface area contributed by atoms with E-state index in [-0.39, 0.29) is 23.4 Å². The van der Waals surface area contributed by atoms with E-state index in [4.69, 9.17) is 9.47 Å². The van der Waals surface area contributed by atoms with Crippen molar-refractivity contribution in [3.8, 4) is 5.75 Å². The molecule has 0 spiro atoms. The van der Waals surface area contributed by atoms with Gasteiger partial charge in [0, 0.05) is 19.2 Å². The largest absolute Gasteiger partial charge is 0.477 e. The first-order valence-corrected chi connectivity index (χ1v) is 9.19. The van der Waals surface area contributed by atoms with Gasteiger partial charge in [-0.25, -0.2) is 0 Å². The topological polar surface area (TPSA) is 120 Å². The molecule has 1 fully saturated rings. The molecule has 9 nitrogen and oxygen atoms in total. The van der Waals surface area contributed by atoms with E-state index >= 15 is 0 Å². The van der Waals surface area contributed by atoms with Crippen molar-refractivity contribution in [3.05, 3.63) is 64.2 Å². The number of benzene rings is 2. The van der Waals surface area contributed by atoms with E-state index in [9.17, 15) is 19.7 Å². The van der Waals surface area contributed by atoms with Crippen LogP contribution in [0.1, 0.15) is 23.2 Å². The Labute approximate surface area is 167 Å². The zero-order valence-corrected chi connectivity index (χ0v) is 15.6. The molecule has 0 radical (unpaired) electrons. The third kappa shape index (κ3) is 5.52. The maximum atomic E-state index is 12.5. The molecule has 9 heteroatoms. The summed E-state index contributed by atoms with van der Waals surface area (Å²) in [6.45, 7) is 0.672. The SMILES string of the molecule is O=C(COc1ccccc1[N+](=O)[O-])Nc1ccccc1C(=O)NCC1CCCO1. The molecule has 1 aliphatic heterocycles. The van der Waals surface area contributed by atoms with Crippen molar-refractivity contribution in [2.24, 2.45) is 0 Å². The molecule has 1 heterocycles. The van der Waals surface area contributed by atoms with E-state index < -0.39 is 17.4 Å². The van der Waals surface area contributed by atoms with Crippen LogP contribution in [-0.2, 0) is 9.53 Å². The number of carbonyl (C=O) groups excluding carboxylic acids is 2. The van der Waals surface area contributed by atoms with Gasteiger partial charge in [0.25, 0.3) is 11.8 Å². The van der Waals surface area contributed by atoms with Gasteiger partial charge in [0.1, 0.15) is 0 Å². The van der Waals surface area contributed by atoms with Gasteiger partial charge >= 0.3 is 5.69 Å². The molecule has 3 rings (SSSR count). The molecule has 0 bridgehead atoms. The Hall–Kier alpha value is -3.46. The van der Waals surface area contributed by atoms with E-state index in [1.54, 1.807) is 30.3 Å². The standard InChI is InChI=1S/C20H21N3O6/c24-19(13-29-18-10-4-3-9-17(18)23(26)27)22-16-8-2-1-7-15(16)20(25)21-12-14-6-5-11-28-14/h1-4,7-10,14H,5-6,11-13H2,(H,21,25)(H,22,24). The zero-order chi connectivity index (χ0) is 20.6. The third-order valence-electron chi connectivity index (χ3n) is 4.38. The van der Waals surface area contributed by atoms with Gasteiger partial charge in [0.15, 0.2) is 12.4 Å². The minimum Gasteiger partial charge on any atom is -0.477 e. The third-order valence-corrected chi connectivity index (χ3v) is 4.38. The molecule has 29 heavy (non-hydrogen) atoms. The lowest BCUT2D eigenvalue weighted by Gasteiger charge is -2.14. The summed E-state index contributed by atoms with van der Waals surface area (Å²) in [6.07, 6.45) is 1.89. The van der Waals surface area contributed by atoms with Crippen molar-refractivity contribution in [1.82, 2.24) is 5.32 Å². The van der Waals surface area contributed by atoms with Gasteiger partial charge in [-0.2, -0.15) is 0 Å². The number of nitro benzene ring substituents is 1. The predicted molar refractivity (Wildman–Crippen MR) is 105 cm³/mol. The van der Waals surface area contributed by atoms with Crippen LogP contribution in [0.3, 0.4) is 0 Å². The second kappa shape index (κ2) is 9.65. The average molecular weight is 399 g/mol. The predicted octanol–water partition coefficient (Wildman–Crippen LogP) is 2.52. The summed E-state index contributed by atoms with van der Waals surface area (Å²) in [4.78, 5) is 35.2. The van der Waals surface area contributed by atoms with Crippen LogP contribution >= 0.6 is 0 Å². The molecule has 0 aliphatic carbocycles. The second-order valence-electron chi connectivity index (χ2n) is 6.45. The first-order valence-electron chi connectivity index (χ1n) is 9.19. The van der Waals surface area contributed by atoms with Crippen LogP contribution in [0.2, 0.25) is 0 Å². The first-order chi connectivity index (χ1) is 14.0. The average Bonchev–Trinajstić information content (AvgIpc) is 3.25. The maximum absolute atomic E-state index is 12.5. The fraction of sp³-hybridized carbons (Fsp3) is 0.300. The molecule has 2 N–H and O–H groups in total. The summed E-state index contributed by atoms with van der Waals surface area (Å²) in [5.41, 5.74) is 0.409. The molecule has 1 atom stereocenters. The molecule has 1 aliphatic rings. The van der Waals surface area contributed by atoms with Crippen LogP contribution in [0.5, 0.6) is 5.75 Å². The Kier molecular flexibility index (Phi) is 6.75. The highest BCUT2D eigenvalue weighted by Crippen LogP contribution is 2.25. The molecule has 2 amide bonds. The molecule has 2 aromatic rings. The Morgan fingerprint density at radius 1 is 1.17 bits per heavy atom. The first kappa shape index (κ1) is 20.3. The Balaban J connectivity index is 1.59. The van der Waals surface area contributed by atoms with Gasteiger partial charge in [0.05, 0.1) is 22.3 Å². The minimum atomic E-state index is -0.582. The highest BCUT2D eigenvalue weighted by Gasteiger charge is 2.19. The zero-order valence-electron chi connectivity index (χ0n) is 15.6. The number of carbonyl (C=O) groups is 2. The Morgan fingerprint density at radius 3 is 2.69 bits per heavy atom. The van der Waals surface area contributed by atoms with Gasteiger partial charge in [0.2, 0.25) is 0 Å². The van der Waals surface area contributed by atoms with Crippen molar-refractivity contribution in [3.63, 3.8) is 0 Å². The summed E-state index contributed by atoms with van der Waals surface area (Å²) in [5, 5.41) is 16.4. The van der Waals surface area contributed by atoms with Crippen LogP contribution in [-0.4, -0.2) is 42.6 Å². The monoisotopic (exact) mass is 399 g/mol. The number of rotatable bonds is 8. The number of nitro groups is 1. The summed E-state index contributed by atoms with van der Waals surface area (Å²) in [6, 6.07) is 12.4. The minimum absolute atomic E-state index is 0.00441. The van der Waals surface area contributed by atoms with E-state index in [1.807, 2.05) is 0 Å². The van der Waals surface area contributed by atoms with Crippen molar-refractivity contribution in [2.45, 2.75) is 18.9 Å². The Morgan fingerprint density at radius 2 is 1.93 bits per heavy atom. The number of hydrogen-bond donors (Lipinski definition) is 2. The molecule has 1 unspecified atom stereocenters. The number of hydrogen-bond acceptors (Lipinski definition) is 6. The lowest BCUT2D eigenvalue weighted by atomic mass is 10.1. The Bertz CT molecular complexity index is 895. The van der Waals surface area contributed by atoms with Crippen molar-refractivity contribution < 1.29 is 24.0 Å². The van der Waals surface area contributed by atoms with E-state index in [1.165, 1.54) is 18.2 Å². The summed E-state index contributed by atoms with van der Waals surface area (Å²) >= 11 is 0. The molecule has 0 saturated carbocycles. The highest BCUT2D eigenvalue weighted by molar-refractivity contribution is 6.04. The summed E-state index contributed by atoms with van der Waals surface area (Å²) in [7, 11) is 0. The number of para-hydroxylation sites is 3. The van der Waals surface area contributed by atoms with Crippen LogP contribution in [0.25, 0.3) is 0 Å². The second-order valence-corrected chi connectivity index (χ2v) is 6.45. The van der Waals surface area contributed by atoms with Crippen LogP contribution in [0, 0.1) is 10.1 Å². The van der Waals surface area contributed by atoms with Crippen molar-refractivity contribution in [2.75, 3.05) is 25.1 Å². The van der Waals surface area contributed by atoms with Crippen LogP contribution in [0.15, 0.2) is 48.5 Å². The van der Waals surface area contributed by atoms with Gasteiger partial charge in [-0.05, 0) is 31.0 Å². The number of nitrogens with one attached hydrogen (secondary N) is 2. The number of amides is 2. The maximum Gasteiger partial charge on any atom is 0.310 e. The smallest absolute Gasteiger partial charge is 0.310 e. The molecule has 2 aromatic carbocycles. The van der Waals surface area contributed by atoms with Gasteiger partial charge in [-0.1, -0.05) is 24.3 Å². The number of anilines is 1. The van der Waals surface area contributed by atoms with E-state index in [2.05, 4.69) is 10.6 Å². The van der Waals surface area contributed by atoms with E-state index in [0.717, 1.165) is 12.8 Å². The quantitative estimate of drug-likeness (QED) is 0.520. The van der Waals surface area contributed by atoms with Gasteiger partial charge in [-0.15, -0.1) is 0 Å². The fourth-order valence-corrected chi connectivity index (χ4v) is 2.96. The molecule has 152 valence electrons. The van der Waals surface area contributed by atoms with Crippen molar-refractivity contribution in [1.29, 1.82) is 0 Å². The summed E-state index contributed by atoms with van der Waals surface area (Å²) < 4.78 is 10.8. The molecular weight excluding hydrogens is 378 g/mol. The molecule has 0 aromatic heterocycles. The van der Waals surface area contributed by atoms with Crippen LogP contribution < -0.4 is 15.4 Å². The lowest BCUT2D eigenvalue weighted by molar-refractivity contribution is -0.385. The highest BCUT2D eigenvalue weighted by atomic mass is 16.6. The van der Waals surface area contributed by atoms with Gasteiger partial charge in [-0.3, -0.25) is 19.7 Å². The fourth-order valence-electron chi connectivity index (χ4n) is 2.96. The van der Waals surface area contributed by atoms with Crippen LogP contribution in [0.4, 0.5) is 11.4 Å².